The second-order valence-corrected chi connectivity index (χ2v) is 9.51. The number of piperidine rings is 1. The zero-order valence-electron chi connectivity index (χ0n) is 16.8. The molecule has 0 aliphatic carbocycles. The molecule has 1 fully saturated rings. The van der Waals surface area contributed by atoms with Crippen molar-refractivity contribution in [3.05, 3.63) is 59.7 Å². The molecule has 1 heterocycles. The van der Waals surface area contributed by atoms with E-state index in [0.29, 0.717) is 24.7 Å². The highest BCUT2D eigenvalue weighted by molar-refractivity contribution is 7.89. The van der Waals surface area contributed by atoms with Crippen LogP contribution in [-0.4, -0.2) is 38.8 Å². The van der Waals surface area contributed by atoms with Gasteiger partial charge >= 0.3 is 0 Å². The number of benzene rings is 2. The molecule has 1 aliphatic rings. The zero-order valence-corrected chi connectivity index (χ0v) is 17.6. The van der Waals surface area contributed by atoms with Crippen LogP contribution >= 0.6 is 0 Å². The van der Waals surface area contributed by atoms with Gasteiger partial charge in [-0.15, -0.1) is 0 Å². The van der Waals surface area contributed by atoms with Gasteiger partial charge in [-0.2, -0.15) is 4.31 Å². The first-order chi connectivity index (χ1) is 14.2. The Kier molecular flexibility index (Phi) is 6.42. The van der Waals surface area contributed by atoms with Gasteiger partial charge in [-0.25, -0.2) is 17.2 Å². The fourth-order valence-corrected chi connectivity index (χ4v) is 5.19. The number of hydrogen-bond acceptors (Lipinski definition) is 4. The first-order valence-corrected chi connectivity index (χ1v) is 11.0. The molecule has 0 spiro atoms. The van der Waals surface area contributed by atoms with Gasteiger partial charge in [0, 0.05) is 25.7 Å². The number of ether oxygens (including phenoxy) is 1. The van der Waals surface area contributed by atoms with E-state index in [1.165, 1.54) is 0 Å². The number of rotatable bonds is 6. The molecule has 0 radical (unpaired) electrons. The molecule has 9 heteroatoms. The number of nitrogens with zero attached hydrogens (tertiary/aromatic N) is 1. The average Bonchev–Trinajstić information content (AvgIpc) is 2.72. The summed E-state index contributed by atoms with van der Waals surface area (Å²) in [6, 6.07) is 9.59. The number of amides is 1. The van der Waals surface area contributed by atoms with Crippen LogP contribution in [-0.2, 0) is 21.4 Å². The molecule has 3 rings (SSSR count). The van der Waals surface area contributed by atoms with Gasteiger partial charge in [-0.1, -0.05) is 12.1 Å². The maximum Gasteiger partial charge on any atom is 0.246 e. The van der Waals surface area contributed by atoms with Crippen molar-refractivity contribution in [2.45, 2.75) is 31.2 Å². The van der Waals surface area contributed by atoms with Crippen LogP contribution in [0.2, 0.25) is 0 Å². The summed E-state index contributed by atoms with van der Waals surface area (Å²) < 4.78 is 59.2. The van der Waals surface area contributed by atoms with E-state index in [4.69, 9.17) is 4.74 Å². The molecule has 1 N–H and O–H groups in total. The Morgan fingerprint density at radius 2 is 1.90 bits per heavy atom. The molecule has 0 unspecified atom stereocenters. The minimum absolute atomic E-state index is 0.0827. The normalized spacial score (nSPS) is 20.0. The summed E-state index contributed by atoms with van der Waals surface area (Å²) in [4.78, 5) is 12.3. The van der Waals surface area contributed by atoms with E-state index in [1.807, 2.05) is 12.1 Å². The summed E-state index contributed by atoms with van der Waals surface area (Å²) in [6.45, 7) is 2.07. The summed E-state index contributed by atoms with van der Waals surface area (Å²) in [5.41, 5.74) is -0.0877. The first kappa shape index (κ1) is 22.2. The molecule has 1 saturated heterocycles. The number of methoxy groups -OCH3 is 1. The van der Waals surface area contributed by atoms with Crippen LogP contribution in [0.3, 0.4) is 0 Å². The molecule has 0 saturated carbocycles. The van der Waals surface area contributed by atoms with E-state index in [2.05, 4.69) is 5.32 Å². The van der Waals surface area contributed by atoms with Gasteiger partial charge in [0.1, 0.15) is 22.3 Å². The Morgan fingerprint density at radius 1 is 1.20 bits per heavy atom. The Morgan fingerprint density at radius 3 is 2.53 bits per heavy atom. The van der Waals surface area contributed by atoms with Gasteiger partial charge in [-0.05, 0) is 49.6 Å². The van der Waals surface area contributed by atoms with Gasteiger partial charge in [0.15, 0.2) is 0 Å². The van der Waals surface area contributed by atoms with E-state index in [1.54, 1.807) is 26.2 Å². The van der Waals surface area contributed by atoms with Crippen LogP contribution in [0.25, 0.3) is 0 Å². The molecular formula is C21H24F2N2O4S. The van der Waals surface area contributed by atoms with E-state index in [-0.39, 0.29) is 25.5 Å². The second kappa shape index (κ2) is 8.69. The third-order valence-electron chi connectivity index (χ3n) is 5.33. The fraction of sp³-hybridized carbons (Fsp3) is 0.381. The van der Waals surface area contributed by atoms with E-state index in [0.717, 1.165) is 22.0 Å². The summed E-state index contributed by atoms with van der Waals surface area (Å²) in [7, 11) is -2.62. The molecule has 2 aromatic carbocycles. The van der Waals surface area contributed by atoms with Crippen molar-refractivity contribution in [1.82, 2.24) is 9.62 Å². The summed E-state index contributed by atoms with van der Waals surface area (Å²) in [5.74, 6) is -1.57. The minimum atomic E-state index is -4.19. The third kappa shape index (κ3) is 4.62. The predicted molar refractivity (Wildman–Crippen MR) is 107 cm³/mol. The Labute approximate surface area is 174 Å². The Balaban J connectivity index is 1.72. The van der Waals surface area contributed by atoms with Gasteiger partial charge in [0.25, 0.3) is 0 Å². The van der Waals surface area contributed by atoms with Crippen LogP contribution in [0.5, 0.6) is 5.75 Å². The molecule has 1 aliphatic heterocycles. The Hall–Kier alpha value is -2.52. The lowest BCUT2D eigenvalue weighted by atomic mass is 9.82. The van der Waals surface area contributed by atoms with Crippen molar-refractivity contribution >= 4 is 15.9 Å². The quantitative estimate of drug-likeness (QED) is 0.752. The average molecular weight is 438 g/mol. The zero-order chi connectivity index (χ0) is 21.9. The summed E-state index contributed by atoms with van der Waals surface area (Å²) >= 11 is 0. The van der Waals surface area contributed by atoms with Gasteiger partial charge in [0.05, 0.1) is 12.5 Å². The summed E-state index contributed by atoms with van der Waals surface area (Å²) in [6.07, 6.45) is 0.952. The van der Waals surface area contributed by atoms with Crippen LogP contribution in [0.15, 0.2) is 47.4 Å². The standard InChI is InChI=1S/C21H24F2N2O4S/c1-21(20(26)24-13-15-4-7-17(29-2)8-5-15)10-3-11-25(14-21)30(27,28)19-9-6-16(22)12-18(19)23/h4-9,12H,3,10-11,13-14H2,1-2H3,(H,24,26)/t21-/m1/s1. The smallest absolute Gasteiger partial charge is 0.246 e. The van der Waals surface area contributed by atoms with Crippen LogP contribution in [0.1, 0.15) is 25.3 Å². The van der Waals surface area contributed by atoms with Crippen molar-refractivity contribution in [1.29, 1.82) is 0 Å². The van der Waals surface area contributed by atoms with Gasteiger partial charge in [0.2, 0.25) is 15.9 Å². The van der Waals surface area contributed by atoms with Gasteiger partial charge in [-0.3, -0.25) is 4.79 Å². The SMILES string of the molecule is COc1ccc(CNC(=O)[C@]2(C)CCCN(S(=O)(=O)c3ccc(F)cc3F)C2)cc1. The molecule has 162 valence electrons. The molecule has 1 atom stereocenters. The van der Waals surface area contributed by atoms with Crippen molar-refractivity contribution < 1.29 is 26.7 Å². The topological polar surface area (TPSA) is 75.7 Å². The molecule has 6 nitrogen and oxygen atoms in total. The molecule has 30 heavy (non-hydrogen) atoms. The largest absolute Gasteiger partial charge is 0.497 e. The number of carbonyl (C=O) groups excluding carboxylic acids is 1. The first-order valence-electron chi connectivity index (χ1n) is 9.52. The monoisotopic (exact) mass is 438 g/mol. The molecular weight excluding hydrogens is 414 g/mol. The lowest BCUT2D eigenvalue weighted by molar-refractivity contribution is -0.132. The maximum absolute atomic E-state index is 14.1. The lowest BCUT2D eigenvalue weighted by Gasteiger charge is -2.38. The maximum atomic E-state index is 14.1. The van der Waals surface area contributed by atoms with Crippen molar-refractivity contribution in [2.75, 3.05) is 20.2 Å². The minimum Gasteiger partial charge on any atom is -0.497 e. The van der Waals surface area contributed by atoms with Gasteiger partial charge < -0.3 is 10.1 Å². The van der Waals surface area contributed by atoms with E-state index < -0.39 is 32.0 Å². The molecule has 0 aromatic heterocycles. The second-order valence-electron chi connectivity index (χ2n) is 7.61. The number of hydrogen-bond donors (Lipinski definition) is 1. The molecule has 0 bridgehead atoms. The van der Waals surface area contributed by atoms with Crippen molar-refractivity contribution in [3.63, 3.8) is 0 Å². The molecule has 1 amide bonds. The highest BCUT2D eigenvalue weighted by Crippen LogP contribution is 2.33. The predicted octanol–water partition coefficient (Wildman–Crippen LogP) is 3.08. The summed E-state index contributed by atoms with van der Waals surface area (Å²) in [5, 5.41) is 2.85. The van der Waals surface area contributed by atoms with Crippen molar-refractivity contribution in [3.8, 4) is 5.75 Å². The number of halogens is 2. The Bertz CT molecular complexity index is 1030. The van der Waals surface area contributed by atoms with E-state index in [9.17, 15) is 22.0 Å². The van der Waals surface area contributed by atoms with Crippen LogP contribution in [0.4, 0.5) is 8.78 Å². The highest BCUT2D eigenvalue weighted by atomic mass is 32.2. The number of nitrogens with one attached hydrogen (secondary N) is 1. The fourth-order valence-electron chi connectivity index (χ4n) is 3.55. The lowest BCUT2D eigenvalue weighted by Crippen LogP contribution is -2.51. The highest BCUT2D eigenvalue weighted by Gasteiger charge is 2.42. The van der Waals surface area contributed by atoms with Crippen LogP contribution < -0.4 is 10.1 Å². The molecule has 2 aromatic rings. The van der Waals surface area contributed by atoms with Crippen molar-refractivity contribution in [2.24, 2.45) is 5.41 Å². The third-order valence-corrected chi connectivity index (χ3v) is 7.21. The van der Waals surface area contributed by atoms with Crippen LogP contribution in [0, 0.1) is 17.0 Å². The number of carbonyl (C=O) groups is 1. The number of sulfonamides is 1. The van der Waals surface area contributed by atoms with E-state index >= 15 is 0 Å².